The van der Waals surface area contributed by atoms with Gasteiger partial charge in [0.1, 0.15) is 5.69 Å². The zero-order chi connectivity index (χ0) is 19.6. The second-order valence-electron chi connectivity index (χ2n) is 7.56. The number of benzene rings is 2. The molecule has 5 rings (SSSR count). The van der Waals surface area contributed by atoms with E-state index in [-0.39, 0.29) is 0 Å². The Balaban J connectivity index is 1.25. The highest BCUT2D eigenvalue weighted by molar-refractivity contribution is 5.86. The number of hydrogen-bond acceptors (Lipinski definition) is 4. The maximum absolute atomic E-state index is 5.51. The number of para-hydroxylation sites is 1. The highest BCUT2D eigenvalue weighted by Gasteiger charge is 2.11. The molecule has 5 nitrogen and oxygen atoms in total. The standard InChI is InChI=1S/C24H22N4O/c1-16(10-20-15-26-22-5-3-2-4-21(20)22)13-27-24-12-23(28-29-24)18-6-7-19-14-25-9-8-17(19)11-18/h2-9,11-12,14-16,26-27H,10,13H2,1H3/t16-/m0/s1. The van der Waals surface area contributed by atoms with Gasteiger partial charge in [-0.15, -0.1) is 0 Å². The van der Waals surface area contributed by atoms with Gasteiger partial charge in [0.2, 0.25) is 5.88 Å². The van der Waals surface area contributed by atoms with Crippen molar-refractivity contribution in [2.24, 2.45) is 5.92 Å². The molecule has 0 aliphatic heterocycles. The Labute approximate surface area is 168 Å². The number of pyridine rings is 1. The van der Waals surface area contributed by atoms with E-state index < -0.39 is 0 Å². The van der Waals surface area contributed by atoms with E-state index in [1.807, 2.05) is 24.4 Å². The molecule has 0 saturated carbocycles. The van der Waals surface area contributed by atoms with E-state index >= 15 is 0 Å². The molecule has 2 N–H and O–H groups in total. The van der Waals surface area contributed by atoms with Gasteiger partial charge < -0.3 is 14.8 Å². The van der Waals surface area contributed by atoms with Crippen LogP contribution in [0, 0.1) is 5.92 Å². The highest BCUT2D eigenvalue weighted by atomic mass is 16.5. The first-order chi connectivity index (χ1) is 14.3. The van der Waals surface area contributed by atoms with Crippen molar-refractivity contribution in [1.82, 2.24) is 15.1 Å². The molecule has 5 aromatic rings. The summed E-state index contributed by atoms with van der Waals surface area (Å²) in [5, 5.41) is 11.2. The second-order valence-corrected chi connectivity index (χ2v) is 7.56. The van der Waals surface area contributed by atoms with Gasteiger partial charge in [0, 0.05) is 53.1 Å². The van der Waals surface area contributed by atoms with Crippen LogP contribution in [0.25, 0.3) is 32.9 Å². The Kier molecular flexibility index (Phi) is 4.48. The number of rotatable bonds is 6. The summed E-state index contributed by atoms with van der Waals surface area (Å²) in [4.78, 5) is 7.51. The maximum atomic E-state index is 5.51. The molecule has 0 bridgehead atoms. The van der Waals surface area contributed by atoms with Crippen molar-refractivity contribution in [3.05, 3.63) is 78.8 Å². The first kappa shape index (κ1) is 17.5. The van der Waals surface area contributed by atoms with Crippen LogP contribution in [0.2, 0.25) is 0 Å². The van der Waals surface area contributed by atoms with Crippen LogP contribution in [-0.4, -0.2) is 21.7 Å². The molecule has 29 heavy (non-hydrogen) atoms. The van der Waals surface area contributed by atoms with Crippen molar-refractivity contribution < 1.29 is 4.52 Å². The number of fused-ring (bicyclic) bond motifs is 2. The Morgan fingerprint density at radius 3 is 2.97 bits per heavy atom. The molecule has 0 unspecified atom stereocenters. The zero-order valence-electron chi connectivity index (χ0n) is 16.2. The van der Waals surface area contributed by atoms with Gasteiger partial charge in [-0.3, -0.25) is 4.98 Å². The summed E-state index contributed by atoms with van der Waals surface area (Å²) in [6.45, 7) is 3.06. The number of hydrogen-bond donors (Lipinski definition) is 2. The SMILES string of the molecule is C[C@H](CNc1cc(-c2ccc3cnccc3c2)no1)Cc1c[nH]c2ccccc12. The first-order valence-corrected chi connectivity index (χ1v) is 9.86. The first-order valence-electron chi connectivity index (χ1n) is 9.86. The Hall–Kier alpha value is -3.60. The lowest BCUT2D eigenvalue weighted by molar-refractivity contribution is 0.431. The van der Waals surface area contributed by atoms with Crippen molar-refractivity contribution in [2.75, 3.05) is 11.9 Å². The van der Waals surface area contributed by atoms with Gasteiger partial charge in [-0.25, -0.2) is 0 Å². The molecule has 144 valence electrons. The summed E-state index contributed by atoms with van der Waals surface area (Å²) in [6.07, 6.45) is 6.78. The van der Waals surface area contributed by atoms with Crippen molar-refractivity contribution in [3.63, 3.8) is 0 Å². The minimum absolute atomic E-state index is 0.455. The van der Waals surface area contributed by atoms with Gasteiger partial charge in [-0.1, -0.05) is 42.4 Å². The quantitative estimate of drug-likeness (QED) is 0.397. The van der Waals surface area contributed by atoms with Crippen molar-refractivity contribution >= 4 is 27.6 Å². The third-order valence-corrected chi connectivity index (χ3v) is 5.31. The van der Waals surface area contributed by atoms with Gasteiger partial charge in [-0.2, -0.15) is 0 Å². The number of nitrogens with zero attached hydrogens (tertiary/aromatic N) is 2. The van der Waals surface area contributed by atoms with Crippen molar-refractivity contribution in [2.45, 2.75) is 13.3 Å². The number of aromatic amines is 1. The molecular weight excluding hydrogens is 360 g/mol. The van der Waals surface area contributed by atoms with Crippen LogP contribution in [0.5, 0.6) is 0 Å². The fraction of sp³-hybridized carbons (Fsp3) is 0.167. The number of H-pyrrole nitrogens is 1. The van der Waals surface area contributed by atoms with Gasteiger partial charge in [0.25, 0.3) is 0 Å². The van der Waals surface area contributed by atoms with Crippen LogP contribution >= 0.6 is 0 Å². The van der Waals surface area contributed by atoms with Crippen molar-refractivity contribution in [1.29, 1.82) is 0 Å². The lowest BCUT2D eigenvalue weighted by Crippen LogP contribution is -2.13. The minimum Gasteiger partial charge on any atom is -0.361 e. The molecule has 0 amide bonds. The highest BCUT2D eigenvalue weighted by Crippen LogP contribution is 2.26. The molecule has 1 atom stereocenters. The monoisotopic (exact) mass is 382 g/mol. The number of nitrogens with one attached hydrogen (secondary N) is 2. The van der Waals surface area contributed by atoms with E-state index in [0.29, 0.717) is 11.8 Å². The fourth-order valence-corrected chi connectivity index (χ4v) is 3.76. The summed E-state index contributed by atoms with van der Waals surface area (Å²) in [7, 11) is 0. The zero-order valence-corrected chi connectivity index (χ0v) is 16.2. The van der Waals surface area contributed by atoms with Crippen LogP contribution < -0.4 is 5.32 Å². The molecule has 0 fully saturated rings. The predicted octanol–water partition coefficient (Wildman–Crippen LogP) is 5.66. The second kappa shape index (κ2) is 7.43. The molecule has 0 aliphatic rings. The van der Waals surface area contributed by atoms with Crippen LogP contribution in [0.1, 0.15) is 12.5 Å². The summed E-state index contributed by atoms with van der Waals surface area (Å²) in [5.74, 6) is 1.15. The van der Waals surface area contributed by atoms with Gasteiger partial charge in [0.15, 0.2) is 0 Å². The maximum Gasteiger partial charge on any atom is 0.225 e. The average molecular weight is 382 g/mol. The summed E-state index contributed by atoms with van der Waals surface area (Å²) in [5.41, 5.74) is 4.40. The topological polar surface area (TPSA) is 66.7 Å². The Bertz CT molecular complexity index is 1270. The molecule has 0 saturated heterocycles. The molecule has 3 aromatic heterocycles. The smallest absolute Gasteiger partial charge is 0.225 e. The third kappa shape index (κ3) is 3.59. The Morgan fingerprint density at radius 1 is 1.07 bits per heavy atom. The van der Waals surface area contributed by atoms with Gasteiger partial charge in [-0.05, 0) is 41.5 Å². The molecule has 0 spiro atoms. The average Bonchev–Trinajstić information content (AvgIpc) is 3.40. The van der Waals surface area contributed by atoms with Gasteiger partial charge in [0.05, 0.1) is 0 Å². The third-order valence-electron chi connectivity index (χ3n) is 5.31. The summed E-state index contributed by atoms with van der Waals surface area (Å²) in [6, 6.07) is 18.6. The predicted molar refractivity (Wildman–Crippen MR) is 117 cm³/mol. The molecular formula is C24H22N4O. The van der Waals surface area contributed by atoms with Crippen LogP contribution in [0.4, 0.5) is 5.88 Å². The molecule has 5 heteroatoms. The normalized spacial score (nSPS) is 12.4. The molecule has 2 aromatic carbocycles. The molecule has 0 aliphatic carbocycles. The lowest BCUT2D eigenvalue weighted by Gasteiger charge is -2.11. The fourth-order valence-electron chi connectivity index (χ4n) is 3.76. The number of anilines is 1. The molecule has 3 heterocycles. The van der Waals surface area contributed by atoms with Crippen LogP contribution in [0.3, 0.4) is 0 Å². The molecule has 0 radical (unpaired) electrons. The number of aromatic nitrogens is 3. The van der Waals surface area contributed by atoms with E-state index in [4.69, 9.17) is 4.52 Å². The van der Waals surface area contributed by atoms with Gasteiger partial charge >= 0.3 is 0 Å². The van der Waals surface area contributed by atoms with Crippen LogP contribution in [0.15, 0.2) is 77.7 Å². The largest absolute Gasteiger partial charge is 0.361 e. The van der Waals surface area contributed by atoms with E-state index in [2.05, 4.69) is 70.0 Å². The lowest BCUT2D eigenvalue weighted by atomic mass is 10.0. The van der Waals surface area contributed by atoms with E-state index in [1.165, 1.54) is 16.5 Å². The van der Waals surface area contributed by atoms with E-state index in [1.54, 1.807) is 6.20 Å². The van der Waals surface area contributed by atoms with Crippen LogP contribution in [-0.2, 0) is 6.42 Å². The minimum atomic E-state index is 0.455. The summed E-state index contributed by atoms with van der Waals surface area (Å²) >= 11 is 0. The summed E-state index contributed by atoms with van der Waals surface area (Å²) < 4.78 is 5.51. The Morgan fingerprint density at radius 2 is 2.00 bits per heavy atom. The van der Waals surface area contributed by atoms with Crippen molar-refractivity contribution in [3.8, 4) is 11.3 Å². The van der Waals surface area contributed by atoms with E-state index in [0.717, 1.165) is 35.0 Å². The van der Waals surface area contributed by atoms with E-state index in [9.17, 15) is 0 Å².